The second kappa shape index (κ2) is 11.9. The van der Waals surface area contributed by atoms with Gasteiger partial charge in [0.05, 0.1) is 32.5 Å². The lowest BCUT2D eigenvalue weighted by molar-refractivity contribution is -0.453. The van der Waals surface area contributed by atoms with E-state index in [1.807, 2.05) is 0 Å². The topological polar surface area (TPSA) is 77.0 Å². The predicted octanol–water partition coefficient (Wildman–Crippen LogP) is 5.28. The maximum Gasteiger partial charge on any atom is 0.460 e. The van der Waals surface area contributed by atoms with Crippen LogP contribution < -0.4 is 5.32 Å². The van der Waals surface area contributed by atoms with E-state index in [2.05, 4.69) is 10.1 Å². The summed E-state index contributed by atoms with van der Waals surface area (Å²) in [6, 6.07) is -1.19. The van der Waals surface area contributed by atoms with Crippen molar-refractivity contribution in [3.8, 4) is 0 Å². The van der Waals surface area contributed by atoms with Gasteiger partial charge in [0.2, 0.25) is 0 Å². The fourth-order valence-corrected chi connectivity index (χ4v) is 2.25. The number of nitrogens with one attached hydrogen (secondary N) is 1. The first-order chi connectivity index (χ1) is 17.0. The Labute approximate surface area is 209 Å². The number of hydrogen-bond acceptors (Lipinski definition) is 5. The molecule has 0 radical (unpaired) electrons. The summed E-state index contributed by atoms with van der Waals surface area (Å²) in [5.74, 6) is -47.1. The molecule has 2 N–H and O–H groups in total. The van der Waals surface area contributed by atoms with Gasteiger partial charge in [-0.05, 0) is 20.8 Å². The van der Waals surface area contributed by atoms with Crippen molar-refractivity contribution in [2.45, 2.75) is 74.1 Å². The molecule has 0 aromatic rings. The molecule has 0 saturated heterocycles. The first kappa shape index (κ1) is 37.1. The first-order valence-electron chi connectivity index (χ1n) is 10.1. The van der Waals surface area contributed by atoms with Crippen LogP contribution in [0.4, 0.5) is 70.7 Å². The Bertz CT molecular complexity index is 812. The Morgan fingerprint density at radius 3 is 1.51 bits per heavy atom. The Hall–Kier alpha value is -1.90. The molecule has 0 aromatic carbocycles. The molecule has 0 aliphatic heterocycles. The molecule has 0 aliphatic rings. The highest BCUT2D eigenvalue weighted by Crippen LogP contribution is 2.62. The third-order valence-electron chi connectivity index (χ3n) is 4.31. The van der Waals surface area contributed by atoms with E-state index in [1.165, 1.54) is 20.8 Å². The highest BCUT2D eigenvalue weighted by atomic mass is 19.4. The van der Waals surface area contributed by atoms with Gasteiger partial charge in [-0.25, -0.2) is 4.79 Å². The van der Waals surface area contributed by atoms with Crippen LogP contribution in [0.1, 0.15) is 20.8 Å². The summed E-state index contributed by atoms with van der Waals surface area (Å²) in [6.07, 6.45) is -8.71. The van der Waals surface area contributed by atoms with Gasteiger partial charge in [-0.15, -0.1) is 0 Å². The van der Waals surface area contributed by atoms with Crippen molar-refractivity contribution >= 4 is 6.09 Å². The standard InChI is InChI=1S/C18H22F15NO5/c1-11(2,3)39-10(36)34-9(6-35)7-37-4-5-38-8-12(19,20)13(21,22)14(23,24)15(25,26)16(27,28)17(29,30)18(31,32)33/h9,35H,4-8H2,1-3H3,(H,34,36). The maximum atomic E-state index is 13.6. The van der Waals surface area contributed by atoms with Gasteiger partial charge in [0.1, 0.15) is 12.2 Å². The minimum atomic E-state index is -8.37. The summed E-state index contributed by atoms with van der Waals surface area (Å²) in [6.45, 7) is -2.01. The zero-order valence-corrected chi connectivity index (χ0v) is 19.9. The SMILES string of the molecule is CC(C)(C)OC(=O)NC(CO)COCCOCC(F)(F)C(F)(F)C(F)(F)C(F)(F)C(F)(F)C(F)(F)C(F)(F)F. The zero-order valence-electron chi connectivity index (χ0n) is 19.9. The van der Waals surface area contributed by atoms with Crippen LogP contribution in [0.15, 0.2) is 0 Å². The van der Waals surface area contributed by atoms with Crippen LogP contribution in [0.3, 0.4) is 0 Å². The molecule has 0 aromatic heterocycles. The smallest absolute Gasteiger partial charge is 0.444 e. The van der Waals surface area contributed by atoms with Gasteiger partial charge in [-0.2, -0.15) is 65.9 Å². The lowest BCUT2D eigenvalue weighted by Crippen LogP contribution is -2.73. The van der Waals surface area contributed by atoms with Gasteiger partial charge >= 0.3 is 47.8 Å². The van der Waals surface area contributed by atoms with Crippen molar-refractivity contribution in [1.82, 2.24) is 5.32 Å². The molecule has 234 valence electrons. The van der Waals surface area contributed by atoms with E-state index < -0.39 is 92.5 Å². The number of amides is 1. The van der Waals surface area contributed by atoms with Crippen LogP contribution in [0, 0.1) is 0 Å². The summed E-state index contributed by atoms with van der Waals surface area (Å²) < 4.78 is 210. The normalized spacial score (nSPS) is 15.8. The summed E-state index contributed by atoms with van der Waals surface area (Å²) in [7, 11) is 0. The average Bonchev–Trinajstić information content (AvgIpc) is 2.72. The van der Waals surface area contributed by atoms with Gasteiger partial charge < -0.3 is 24.6 Å². The Morgan fingerprint density at radius 1 is 0.692 bits per heavy atom. The molecular formula is C18H22F15NO5. The minimum Gasteiger partial charge on any atom is -0.444 e. The molecule has 0 rings (SSSR count). The van der Waals surface area contributed by atoms with Crippen LogP contribution in [-0.4, -0.2) is 97.6 Å². The molecule has 0 fully saturated rings. The van der Waals surface area contributed by atoms with E-state index in [4.69, 9.17) is 14.6 Å². The second-order valence-corrected chi connectivity index (χ2v) is 8.73. The van der Waals surface area contributed by atoms with Crippen LogP contribution >= 0.6 is 0 Å². The molecule has 0 heterocycles. The van der Waals surface area contributed by atoms with E-state index in [9.17, 15) is 70.7 Å². The fourth-order valence-electron chi connectivity index (χ4n) is 2.25. The molecule has 1 unspecified atom stereocenters. The number of carbonyl (C=O) groups excluding carboxylic acids is 1. The number of alkyl halides is 15. The van der Waals surface area contributed by atoms with Crippen LogP contribution in [0.25, 0.3) is 0 Å². The largest absolute Gasteiger partial charge is 0.460 e. The van der Waals surface area contributed by atoms with Gasteiger partial charge in [-0.1, -0.05) is 0 Å². The van der Waals surface area contributed by atoms with Crippen molar-refractivity contribution < 1.29 is 90.0 Å². The molecule has 39 heavy (non-hydrogen) atoms. The minimum absolute atomic E-state index is 0.613. The number of rotatable bonds is 14. The van der Waals surface area contributed by atoms with Crippen LogP contribution in [0.2, 0.25) is 0 Å². The number of alkyl carbamates (subject to hydrolysis) is 1. The third-order valence-corrected chi connectivity index (χ3v) is 4.31. The molecule has 1 amide bonds. The molecule has 0 saturated carbocycles. The first-order valence-corrected chi connectivity index (χ1v) is 10.1. The summed E-state index contributed by atoms with van der Waals surface area (Å²) in [5, 5.41) is 11.2. The number of aliphatic hydroxyl groups excluding tert-OH is 1. The molecule has 0 aliphatic carbocycles. The van der Waals surface area contributed by atoms with Crippen molar-refractivity contribution in [2.24, 2.45) is 0 Å². The number of halogens is 15. The van der Waals surface area contributed by atoms with Gasteiger partial charge in [-0.3, -0.25) is 0 Å². The second-order valence-electron chi connectivity index (χ2n) is 8.73. The Kier molecular flexibility index (Phi) is 11.3. The molecule has 0 spiro atoms. The molecule has 6 nitrogen and oxygen atoms in total. The summed E-state index contributed by atoms with van der Waals surface area (Å²) in [5.41, 5.74) is -0.956. The lowest BCUT2D eigenvalue weighted by atomic mass is 9.91. The third kappa shape index (κ3) is 7.86. The summed E-state index contributed by atoms with van der Waals surface area (Å²) in [4.78, 5) is 11.5. The van der Waals surface area contributed by atoms with Gasteiger partial charge in [0.25, 0.3) is 0 Å². The van der Waals surface area contributed by atoms with E-state index in [1.54, 1.807) is 0 Å². The Morgan fingerprint density at radius 2 is 1.10 bits per heavy atom. The van der Waals surface area contributed by atoms with E-state index >= 15 is 0 Å². The number of aliphatic hydroxyl groups is 1. The number of hydrogen-bond donors (Lipinski definition) is 2. The average molecular weight is 617 g/mol. The van der Waals surface area contributed by atoms with E-state index in [0.717, 1.165) is 0 Å². The zero-order chi connectivity index (χ0) is 31.5. The predicted molar refractivity (Wildman–Crippen MR) is 97.6 cm³/mol. The van der Waals surface area contributed by atoms with E-state index in [-0.39, 0.29) is 0 Å². The highest BCUT2D eigenvalue weighted by Gasteiger charge is 2.93. The monoisotopic (exact) mass is 617 g/mol. The van der Waals surface area contributed by atoms with Crippen molar-refractivity contribution in [3.63, 3.8) is 0 Å². The van der Waals surface area contributed by atoms with E-state index in [0.29, 0.717) is 0 Å². The van der Waals surface area contributed by atoms with Crippen LogP contribution in [-0.2, 0) is 14.2 Å². The molecular weight excluding hydrogens is 595 g/mol. The Balaban J connectivity index is 5.29. The van der Waals surface area contributed by atoms with Crippen molar-refractivity contribution in [3.05, 3.63) is 0 Å². The van der Waals surface area contributed by atoms with Crippen molar-refractivity contribution in [1.29, 1.82) is 0 Å². The molecule has 21 heteroatoms. The van der Waals surface area contributed by atoms with Crippen LogP contribution in [0.5, 0.6) is 0 Å². The number of ether oxygens (including phenoxy) is 3. The fraction of sp³-hybridized carbons (Fsp3) is 0.944. The molecule has 1 atom stereocenters. The maximum absolute atomic E-state index is 13.6. The lowest BCUT2D eigenvalue weighted by Gasteiger charge is -2.41. The molecule has 0 bridgehead atoms. The highest BCUT2D eigenvalue weighted by molar-refractivity contribution is 5.68. The number of carbonyl (C=O) groups is 1. The summed E-state index contributed by atoms with van der Waals surface area (Å²) >= 11 is 0. The van der Waals surface area contributed by atoms with Crippen molar-refractivity contribution in [2.75, 3.05) is 33.0 Å². The van der Waals surface area contributed by atoms with Gasteiger partial charge in [0, 0.05) is 0 Å². The van der Waals surface area contributed by atoms with Gasteiger partial charge in [0.15, 0.2) is 0 Å². The quantitative estimate of drug-likeness (QED) is 0.205.